The number of carbonyl (C=O) groups excluding carboxylic acids is 1. The molecule has 6 heteroatoms. The van der Waals surface area contributed by atoms with Gasteiger partial charge >= 0.3 is 0 Å². The summed E-state index contributed by atoms with van der Waals surface area (Å²) in [5.41, 5.74) is 1.24. The van der Waals surface area contributed by atoms with E-state index in [9.17, 15) is 13.6 Å². The minimum absolute atomic E-state index is 0.0252. The first-order valence-corrected chi connectivity index (χ1v) is 8.12. The maximum Gasteiger partial charge on any atom is 0.262 e. The zero-order valence-corrected chi connectivity index (χ0v) is 13.3. The summed E-state index contributed by atoms with van der Waals surface area (Å²) in [6.07, 6.45) is 0.441. The zero-order chi connectivity index (χ0) is 16.4. The van der Waals surface area contributed by atoms with E-state index in [2.05, 4.69) is 34.6 Å². The van der Waals surface area contributed by atoms with Crippen molar-refractivity contribution in [2.75, 3.05) is 13.1 Å². The van der Waals surface area contributed by atoms with E-state index in [0.717, 1.165) is 19.5 Å². The Labute approximate surface area is 135 Å². The van der Waals surface area contributed by atoms with E-state index in [4.69, 9.17) is 0 Å². The van der Waals surface area contributed by atoms with Gasteiger partial charge in [-0.05, 0) is 18.9 Å². The molecule has 3 atom stereocenters. The van der Waals surface area contributed by atoms with Gasteiger partial charge in [0.2, 0.25) is 5.91 Å². The van der Waals surface area contributed by atoms with E-state index in [-0.39, 0.29) is 11.9 Å². The fourth-order valence-electron chi connectivity index (χ4n) is 3.44. The van der Waals surface area contributed by atoms with Crippen LogP contribution in [0.3, 0.4) is 0 Å². The topological polar surface area (TPSA) is 44.4 Å². The molecule has 3 unspecified atom stereocenters. The van der Waals surface area contributed by atoms with Crippen molar-refractivity contribution in [2.45, 2.75) is 50.4 Å². The van der Waals surface area contributed by atoms with Crippen molar-refractivity contribution in [3.63, 3.8) is 0 Å². The molecule has 1 aromatic carbocycles. The Hall–Kier alpha value is -1.53. The lowest BCUT2D eigenvalue weighted by Crippen LogP contribution is -2.46. The summed E-state index contributed by atoms with van der Waals surface area (Å²) in [6, 6.07) is 9.80. The van der Waals surface area contributed by atoms with Gasteiger partial charge in [0.1, 0.15) is 0 Å². The molecule has 2 aliphatic heterocycles. The van der Waals surface area contributed by atoms with Crippen LogP contribution in [0, 0.1) is 0 Å². The maximum atomic E-state index is 13.2. The molecule has 2 fully saturated rings. The predicted molar refractivity (Wildman–Crippen MR) is 84.2 cm³/mol. The highest BCUT2D eigenvalue weighted by Crippen LogP contribution is 2.26. The molecular weight excluding hydrogens is 300 g/mol. The Morgan fingerprint density at radius 1 is 1.39 bits per heavy atom. The molecule has 23 heavy (non-hydrogen) atoms. The van der Waals surface area contributed by atoms with Gasteiger partial charge in [0.25, 0.3) is 5.92 Å². The molecule has 0 aromatic heterocycles. The van der Waals surface area contributed by atoms with Crippen molar-refractivity contribution in [1.82, 2.24) is 15.5 Å². The number of carbonyl (C=O) groups is 1. The van der Waals surface area contributed by atoms with Gasteiger partial charge in [-0.1, -0.05) is 30.3 Å². The van der Waals surface area contributed by atoms with Crippen LogP contribution in [0.2, 0.25) is 0 Å². The lowest BCUT2D eigenvalue weighted by atomic mass is 10.1. The van der Waals surface area contributed by atoms with Crippen molar-refractivity contribution in [3.8, 4) is 0 Å². The smallest absolute Gasteiger partial charge is 0.262 e. The average molecular weight is 323 g/mol. The number of halogens is 2. The van der Waals surface area contributed by atoms with E-state index >= 15 is 0 Å². The molecule has 1 amide bonds. The number of alkyl halides is 2. The van der Waals surface area contributed by atoms with Gasteiger partial charge in [-0.3, -0.25) is 15.0 Å². The number of rotatable bonds is 4. The maximum absolute atomic E-state index is 13.2. The monoisotopic (exact) mass is 323 g/mol. The molecule has 0 bridgehead atoms. The second-order valence-corrected chi connectivity index (χ2v) is 6.70. The van der Waals surface area contributed by atoms with E-state index in [0.29, 0.717) is 6.04 Å². The molecule has 0 spiro atoms. The molecule has 2 aliphatic rings. The summed E-state index contributed by atoms with van der Waals surface area (Å²) in [4.78, 5) is 14.5. The van der Waals surface area contributed by atoms with Gasteiger partial charge < -0.3 is 5.32 Å². The number of hydrogen-bond acceptors (Lipinski definition) is 3. The Morgan fingerprint density at radius 2 is 2.13 bits per heavy atom. The van der Waals surface area contributed by atoms with Crippen LogP contribution in [0.25, 0.3) is 0 Å². The molecule has 0 saturated carbocycles. The molecule has 2 heterocycles. The summed E-state index contributed by atoms with van der Waals surface area (Å²) in [6.45, 7) is 3.32. The van der Waals surface area contributed by atoms with Crippen LogP contribution >= 0.6 is 0 Å². The minimum Gasteiger partial charge on any atom is -0.351 e. The number of hydrogen-bond donors (Lipinski definition) is 2. The first-order valence-electron chi connectivity index (χ1n) is 8.12. The first-order chi connectivity index (χ1) is 10.9. The Morgan fingerprint density at radius 3 is 2.78 bits per heavy atom. The first kappa shape index (κ1) is 16.3. The van der Waals surface area contributed by atoms with Gasteiger partial charge in [0.15, 0.2) is 0 Å². The van der Waals surface area contributed by atoms with Crippen molar-refractivity contribution < 1.29 is 13.6 Å². The molecule has 0 aliphatic carbocycles. The van der Waals surface area contributed by atoms with Crippen LogP contribution in [0.4, 0.5) is 8.78 Å². The van der Waals surface area contributed by atoms with Crippen molar-refractivity contribution in [1.29, 1.82) is 0 Å². The van der Waals surface area contributed by atoms with Gasteiger partial charge in [-0.2, -0.15) is 0 Å². The highest BCUT2D eigenvalue weighted by Gasteiger charge is 2.43. The summed E-state index contributed by atoms with van der Waals surface area (Å²) >= 11 is 0. The standard InChI is InChI=1S/C17H23F2N3O/c1-12-7-14(10-22(12)9-13-5-3-2-4-6-13)21-16(23)15-8-17(18,19)11-20-15/h2-6,12,14-15,20H,7-11H2,1H3,(H,21,23). The third kappa shape index (κ3) is 4.06. The summed E-state index contributed by atoms with van der Waals surface area (Å²) in [5, 5.41) is 5.54. The summed E-state index contributed by atoms with van der Waals surface area (Å²) in [7, 11) is 0. The Kier molecular flexibility index (Phi) is 4.64. The van der Waals surface area contributed by atoms with Crippen molar-refractivity contribution in [2.24, 2.45) is 0 Å². The fourth-order valence-corrected chi connectivity index (χ4v) is 3.44. The molecule has 3 rings (SSSR count). The molecule has 4 nitrogen and oxygen atoms in total. The van der Waals surface area contributed by atoms with Gasteiger partial charge in [-0.25, -0.2) is 8.78 Å². The molecular formula is C17H23F2N3O. The molecule has 2 N–H and O–H groups in total. The second-order valence-electron chi connectivity index (χ2n) is 6.70. The van der Waals surface area contributed by atoms with Crippen LogP contribution in [-0.4, -0.2) is 47.9 Å². The average Bonchev–Trinajstić information content (AvgIpc) is 3.03. The lowest BCUT2D eigenvalue weighted by molar-refractivity contribution is -0.124. The van der Waals surface area contributed by atoms with Crippen molar-refractivity contribution >= 4 is 5.91 Å². The van der Waals surface area contributed by atoms with Crippen molar-refractivity contribution in [3.05, 3.63) is 35.9 Å². The molecule has 0 radical (unpaired) electrons. The Balaban J connectivity index is 1.51. The fraction of sp³-hybridized carbons (Fsp3) is 0.588. The van der Waals surface area contributed by atoms with Gasteiger partial charge in [-0.15, -0.1) is 0 Å². The highest BCUT2D eigenvalue weighted by molar-refractivity contribution is 5.82. The van der Waals surface area contributed by atoms with E-state index in [1.165, 1.54) is 5.56 Å². The third-order valence-electron chi connectivity index (χ3n) is 4.71. The SMILES string of the molecule is CC1CC(NC(=O)C2CC(F)(F)CN2)CN1Cc1ccccc1. The van der Waals surface area contributed by atoms with Crippen LogP contribution in [-0.2, 0) is 11.3 Å². The molecule has 1 aromatic rings. The predicted octanol–water partition coefficient (Wildman–Crippen LogP) is 1.76. The third-order valence-corrected chi connectivity index (χ3v) is 4.71. The number of nitrogens with zero attached hydrogens (tertiary/aromatic N) is 1. The van der Waals surface area contributed by atoms with Gasteiger partial charge in [0, 0.05) is 31.6 Å². The molecule has 2 saturated heterocycles. The van der Waals surface area contributed by atoms with Crippen LogP contribution in [0.1, 0.15) is 25.3 Å². The van der Waals surface area contributed by atoms with Crippen LogP contribution in [0.15, 0.2) is 30.3 Å². The molecule has 126 valence electrons. The number of likely N-dealkylation sites (tertiary alicyclic amines) is 1. The number of benzene rings is 1. The number of amides is 1. The minimum atomic E-state index is -2.77. The quantitative estimate of drug-likeness (QED) is 0.887. The number of nitrogens with one attached hydrogen (secondary N) is 2. The van der Waals surface area contributed by atoms with E-state index in [1.807, 2.05) is 18.2 Å². The highest BCUT2D eigenvalue weighted by atomic mass is 19.3. The van der Waals surface area contributed by atoms with E-state index in [1.54, 1.807) is 0 Å². The zero-order valence-electron chi connectivity index (χ0n) is 13.3. The van der Waals surface area contributed by atoms with Gasteiger partial charge in [0.05, 0.1) is 12.6 Å². The lowest BCUT2D eigenvalue weighted by Gasteiger charge is -2.21. The normalized spacial score (nSPS) is 30.5. The van der Waals surface area contributed by atoms with Crippen LogP contribution < -0.4 is 10.6 Å². The van der Waals surface area contributed by atoms with E-state index < -0.39 is 24.9 Å². The largest absolute Gasteiger partial charge is 0.351 e. The summed E-state index contributed by atoms with van der Waals surface area (Å²) in [5.74, 6) is -3.08. The van der Waals surface area contributed by atoms with Crippen LogP contribution in [0.5, 0.6) is 0 Å². The Bertz CT molecular complexity index is 552. The summed E-state index contributed by atoms with van der Waals surface area (Å²) < 4.78 is 26.4. The second kappa shape index (κ2) is 6.53.